The zero-order valence-electron chi connectivity index (χ0n) is 12.3. The van der Waals surface area contributed by atoms with Gasteiger partial charge in [0.1, 0.15) is 0 Å². The van der Waals surface area contributed by atoms with Crippen LogP contribution in [0.1, 0.15) is 19.4 Å². The van der Waals surface area contributed by atoms with Crippen molar-refractivity contribution >= 4 is 29.1 Å². The first kappa shape index (κ1) is 15.8. The molecule has 1 aromatic carbocycles. The van der Waals surface area contributed by atoms with Crippen molar-refractivity contribution in [1.82, 2.24) is 10.6 Å². The summed E-state index contributed by atoms with van der Waals surface area (Å²) >= 11 is 6.29. The molecule has 2 N–H and O–H groups in total. The summed E-state index contributed by atoms with van der Waals surface area (Å²) in [6, 6.07) is 5.62. The van der Waals surface area contributed by atoms with E-state index in [2.05, 4.69) is 24.5 Å². The number of para-hydroxylation sites is 1. The third kappa shape index (κ3) is 4.19. The summed E-state index contributed by atoms with van der Waals surface area (Å²) in [6.07, 6.45) is 0. The fourth-order valence-corrected chi connectivity index (χ4v) is 2.66. The second-order valence-corrected chi connectivity index (χ2v) is 6.01. The number of anilines is 1. The van der Waals surface area contributed by atoms with E-state index in [1.54, 1.807) is 11.0 Å². The van der Waals surface area contributed by atoms with Crippen molar-refractivity contribution in [3.05, 3.63) is 28.8 Å². The minimum absolute atomic E-state index is 0.145. The second kappa shape index (κ2) is 6.91. The van der Waals surface area contributed by atoms with Gasteiger partial charge in [-0.25, -0.2) is 0 Å². The van der Waals surface area contributed by atoms with Gasteiger partial charge in [0.15, 0.2) is 0 Å². The van der Waals surface area contributed by atoms with Gasteiger partial charge < -0.3 is 10.2 Å². The standard InChI is InChI=1S/C15H20ClN3O2/c1-10(2)6-17-7-11-4-3-5-12(16)15(11)19-8-13(20)18-14(21)9-19/h3-5,10,17H,6-9H2,1-2H3,(H,18,20,21). The molecule has 1 saturated heterocycles. The molecule has 0 spiro atoms. The van der Waals surface area contributed by atoms with Gasteiger partial charge in [0, 0.05) is 6.54 Å². The Labute approximate surface area is 129 Å². The molecule has 5 nitrogen and oxygen atoms in total. The molecule has 2 amide bonds. The summed E-state index contributed by atoms with van der Waals surface area (Å²) in [5.74, 6) is -0.0468. The Bertz CT molecular complexity index is 530. The molecule has 0 unspecified atom stereocenters. The van der Waals surface area contributed by atoms with Crippen LogP contribution in [0, 0.1) is 5.92 Å². The van der Waals surface area contributed by atoms with Crippen molar-refractivity contribution in [2.24, 2.45) is 5.92 Å². The predicted octanol–water partition coefficient (Wildman–Crippen LogP) is 1.55. The molecule has 0 radical (unpaired) electrons. The molecular formula is C15H20ClN3O2. The van der Waals surface area contributed by atoms with Gasteiger partial charge in [-0.2, -0.15) is 0 Å². The highest BCUT2D eigenvalue weighted by atomic mass is 35.5. The van der Waals surface area contributed by atoms with Gasteiger partial charge in [0.05, 0.1) is 23.8 Å². The Morgan fingerprint density at radius 2 is 1.95 bits per heavy atom. The largest absolute Gasteiger partial charge is 0.351 e. The van der Waals surface area contributed by atoms with Gasteiger partial charge in [-0.1, -0.05) is 37.6 Å². The number of carbonyl (C=O) groups is 2. The van der Waals surface area contributed by atoms with Crippen LogP contribution >= 0.6 is 11.6 Å². The van der Waals surface area contributed by atoms with Crippen LogP contribution in [0.4, 0.5) is 5.69 Å². The molecule has 1 heterocycles. The summed E-state index contributed by atoms with van der Waals surface area (Å²) in [6.45, 7) is 6.12. The molecule has 0 aliphatic carbocycles. The normalized spacial score (nSPS) is 15.5. The quantitative estimate of drug-likeness (QED) is 0.810. The van der Waals surface area contributed by atoms with E-state index >= 15 is 0 Å². The molecule has 0 bridgehead atoms. The van der Waals surface area contributed by atoms with Crippen LogP contribution in [0.25, 0.3) is 0 Å². The highest BCUT2D eigenvalue weighted by Gasteiger charge is 2.25. The van der Waals surface area contributed by atoms with Crippen LogP contribution in [-0.2, 0) is 16.1 Å². The number of benzene rings is 1. The van der Waals surface area contributed by atoms with E-state index in [0.717, 1.165) is 17.8 Å². The fraction of sp³-hybridized carbons (Fsp3) is 0.467. The summed E-state index contributed by atoms with van der Waals surface area (Å²) < 4.78 is 0. The topological polar surface area (TPSA) is 61.4 Å². The average molecular weight is 310 g/mol. The van der Waals surface area contributed by atoms with Crippen molar-refractivity contribution in [1.29, 1.82) is 0 Å². The van der Waals surface area contributed by atoms with Crippen molar-refractivity contribution in [2.45, 2.75) is 20.4 Å². The third-order valence-corrected chi connectivity index (χ3v) is 3.51. The fourth-order valence-electron chi connectivity index (χ4n) is 2.35. The molecule has 1 aromatic rings. The van der Waals surface area contributed by atoms with Crippen LogP contribution in [-0.4, -0.2) is 31.4 Å². The lowest BCUT2D eigenvalue weighted by molar-refractivity contribution is -0.130. The summed E-state index contributed by atoms with van der Waals surface area (Å²) in [5.41, 5.74) is 1.75. The Kier molecular flexibility index (Phi) is 5.20. The zero-order chi connectivity index (χ0) is 15.4. The number of carbonyl (C=O) groups excluding carboxylic acids is 2. The van der Waals surface area contributed by atoms with Crippen LogP contribution in [0.15, 0.2) is 18.2 Å². The maximum Gasteiger partial charge on any atom is 0.246 e. The van der Waals surface area contributed by atoms with E-state index in [1.807, 2.05) is 12.1 Å². The van der Waals surface area contributed by atoms with Gasteiger partial charge in [-0.15, -0.1) is 0 Å². The van der Waals surface area contributed by atoms with Crippen molar-refractivity contribution in [2.75, 3.05) is 24.5 Å². The highest BCUT2D eigenvalue weighted by Crippen LogP contribution is 2.30. The Hall–Kier alpha value is -1.59. The number of hydrogen-bond acceptors (Lipinski definition) is 4. The van der Waals surface area contributed by atoms with Gasteiger partial charge in [0.25, 0.3) is 0 Å². The van der Waals surface area contributed by atoms with Crippen LogP contribution < -0.4 is 15.5 Å². The van der Waals surface area contributed by atoms with Crippen molar-refractivity contribution in [3.8, 4) is 0 Å². The number of nitrogens with zero attached hydrogens (tertiary/aromatic N) is 1. The Morgan fingerprint density at radius 1 is 1.29 bits per heavy atom. The molecule has 0 saturated carbocycles. The van der Waals surface area contributed by atoms with Gasteiger partial charge in [-0.05, 0) is 24.1 Å². The first-order chi connectivity index (χ1) is 9.97. The van der Waals surface area contributed by atoms with E-state index in [1.165, 1.54) is 0 Å². The molecule has 0 atom stereocenters. The molecule has 21 heavy (non-hydrogen) atoms. The van der Waals surface area contributed by atoms with Crippen LogP contribution in [0.2, 0.25) is 5.02 Å². The maximum atomic E-state index is 11.6. The minimum atomic E-state index is -0.299. The maximum absolute atomic E-state index is 11.6. The van der Waals surface area contributed by atoms with Gasteiger partial charge in [-0.3, -0.25) is 14.9 Å². The number of halogens is 1. The lowest BCUT2D eigenvalue weighted by atomic mass is 10.1. The Morgan fingerprint density at radius 3 is 2.57 bits per heavy atom. The lowest BCUT2D eigenvalue weighted by Crippen LogP contribution is -2.51. The number of rotatable bonds is 5. The van der Waals surface area contributed by atoms with E-state index in [9.17, 15) is 9.59 Å². The number of piperazine rings is 1. The Balaban J connectivity index is 2.20. The molecule has 1 aliphatic rings. The number of hydrogen-bond donors (Lipinski definition) is 2. The monoisotopic (exact) mass is 309 g/mol. The number of imide groups is 1. The van der Waals surface area contributed by atoms with E-state index in [4.69, 9.17) is 11.6 Å². The summed E-state index contributed by atoms with van der Waals surface area (Å²) in [5, 5.41) is 6.21. The molecule has 1 fully saturated rings. The van der Waals surface area contributed by atoms with Crippen molar-refractivity contribution in [3.63, 3.8) is 0 Å². The first-order valence-electron chi connectivity index (χ1n) is 7.03. The summed E-state index contributed by atoms with van der Waals surface area (Å²) in [7, 11) is 0. The molecule has 1 aliphatic heterocycles. The zero-order valence-corrected chi connectivity index (χ0v) is 13.0. The lowest BCUT2D eigenvalue weighted by Gasteiger charge is -2.30. The molecular weight excluding hydrogens is 290 g/mol. The van der Waals surface area contributed by atoms with Crippen molar-refractivity contribution < 1.29 is 9.59 Å². The molecule has 114 valence electrons. The molecule has 6 heteroatoms. The molecule has 0 aromatic heterocycles. The molecule has 2 rings (SSSR count). The summed E-state index contributed by atoms with van der Waals surface area (Å²) in [4.78, 5) is 24.8. The minimum Gasteiger partial charge on any atom is -0.351 e. The smallest absolute Gasteiger partial charge is 0.246 e. The van der Waals surface area contributed by atoms with E-state index < -0.39 is 0 Å². The number of amides is 2. The number of nitrogens with one attached hydrogen (secondary N) is 2. The van der Waals surface area contributed by atoms with Gasteiger partial charge in [0.2, 0.25) is 11.8 Å². The van der Waals surface area contributed by atoms with E-state index in [0.29, 0.717) is 17.5 Å². The third-order valence-electron chi connectivity index (χ3n) is 3.20. The first-order valence-corrected chi connectivity index (χ1v) is 7.41. The van der Waals surface area contributed by atoms with Crippen LogP contribution in [0.5, 0.6) is 0 Å². The van der Waals surface area contributed by atoms with E-state index in [-0.39, 0.29) is 24.9 Å². The van der Waals surface area contributed by atoms with Gasteiger partial charge >= 0.3 is 0 Å². The average Bonchev–Trinajstić information content (AvgIpc) is 2.37. The van der Waals surface area contributed by atoms with Crippen LogP contribution in [0.3, 0.4) is 0 Å². The predicted molar refractivity (Wildman–Crippen MR) is 83.4 cm³/mol. The second-order valence-electron chi connectivity index (χ2n) is 5.60. The highest BCUT2D eigenvalue weighted by molar-refractivity contribution is 6.33. The SMILES string of the molecule is CC(C)CNCc1cccc(Cl)c1N1CC(=O)NC(=O)C1.